The first-order valence-corrected chi connectivity index (χ1v) is 5.03. The number of nitrogens with zero attached hydrogens (tertiary/aromatic N) is 1. The molecule has 88 valence electrons. The minimum absolute atomic E-state index is 0.0548. The Morgan fingerprint density at radius 3 is 2.69 bits per heavy atom. The van der Waals surface area contributed by atoms with Crippen LogP contribution in [0, 0.1) is 0 Å². The average molecular weight is 224 g/mol. The molecule has 5 nitrogen and oxygen atoms in total. The van der Waals surface area contributed by atoms with E-state index in [9.17, 15) is 4.79 Å². The van der Waals surface area contributed by atoms with Gasteiger partial charge in [0.25, 0.3) is 0 Å². The van der Waals surface area contributed by atoms with E-state index in [-0.39, 0.29) is 22.7 Å². The fourth-order valence-electron chi connectivity index (χ4n) is 1.01. The standard InChI is InChI=1S/C11H16N2O3/c1-4-11(2,3)16-9-8(12)5-7(6-13-9)10(14)15/h5-6H,4,12H2,1-3H3,(H,14,15). The maximum absolute atomic E-state index is 10.7. The van der Waals surface area contributed by atoms with Crippen LogP contribution in [0.15, 0.2) is 12.3 Å². The fourth-order valence-corrected chi connectivity index (χ4v) is 1.01. The van der Waals surface area contributed by atoms with Gasteiger partial charge in [0.05, 0.1) is 11.3 Å². The Balaban J connectivity index is 2.96. The van der Waals surface area contributed by atoms with E-state index in [1.807, 2.05) is 20.8 Å². The molecule has 0 bridgehead atoms. The Bertz CT molecular complexity index is 402. The molecule has 3 N–H and O–H groups in total. The molecule has 0 aliphatic rings. The molecular weight excluding hydrogens is 208 g/mol. The van der Waals surface area contributed by atoms with E-state index in [2.05, 4.69) is 4.98 Å². The van der Waals surface area contributed by atoms with Crippen molar-refractivity contribution in [3.05, 3.63) is 17.8 Å². The van der Waals surface area contributed by atoms with Crippen molar-refractivity contribution in [3.8, 4) is 5.88 Å². The summed E-state index contributed by atoms with van der Waals surface area (Å²) in [5.41, 5.74) is 5.59. The first-order chi connectivity index (χ1) is 7.35. The van der Waals surface area contributed by atoms with Gasteiger partial charge in [0.15, 0.2) is 0 Å². The Labute approximate surface area is 94.2 Å². The molecule has 0 saturated carbocycles. The van der Waals surface area contributed by atoms with E-state index in [1.54, 1.807) is 0 Å². The molecule has 0 spiro atoms. The van der Waals surface area contributed by atoms with Crippen molar-refractivity contribution in [3.63, 3.8) is 0 Å². The second-order valence-electron chi connectivity index (χ2n) is 4.14. The van der Waals surface area contributed by atoms with Crippen LogP contribution in [0.4, 0.5) is 5.69 Å². The molecule has 1 heterocycles. The minimum Gasteiger partial charge on any atom is -0.478 e. The van der Waals surface area contributed by atoms with Crippen molar-refractivity contribution in [1.29, 1.82) is 0 Å². The molecule has 0 saturated heterocycles. The highest BCUT2D eigenvalue weighted by atomic mass is 16.5. The number of aromatic carboxylic acids is 1. The minimum atomic E-state index is -1.06. The van der Waals surface area contributed by atoms with Crippen LogP contribution in [0.25, 0.3) is 0 Å². The SMILES string of the molecule is CCC(C)(C)Oc1ncc(C(=O)O)cc1N. The number of pyridine rings is 1. The summed E-state index contributed by atoms with van der Waals surface area (Å²) in [6.07, 6.45) is 2.04. The van der Waals surface area contributed by atoms with Gasteiger partial charge in [0.2, 0.25) is 5.88 Å². The zero-order valence-corrected chi connectivity index (χ0v) is 9.65. The van der Waals surface area contributed by atoms with E-state index in [0.29, 0.717) is 0 Å². The third kappa shape index (κ3) is 2.85. The summed E-state index contributed by atoms with van der Waals surface area (Å²) in [5, 5.41) is 8.74. The average Bonchev–Trinajstić information content (AvgIpc) is 2.20. The highest BCUT2D eigenvalue weighted by Gasteiger charge is 2.19. The molecule has 0 amide bonds. The largest absolute Gasteiger partial charge is 0.478 e. The van der Waals surface area contributed by atoms with E-state index in [0.717, 1.165) is 6.42 Å². The normalized spacial score (nSPS) is 11.2. The Kier molecular flexibility index (Phi) is 3.37. The van der Waals surface area contributed by atoms with Crippen LogP contribution in [-0.4, -0.2) is 21.7 Å². The number of carboxylic acid groups (broad SMARTS) is 1. The monoisotopic (exact) mass is 224 g/mol. The smallest absolute Gasteiger partial charge is 0.337 e. The van der Waals surface area contributed by atoms with Crippen molar-refractivity contribution in [2.75, 3.05) is 5.73 Å². The van der Waals surface area contributed by atoms with Crippen molar-refractivity contribution < 1.29 is 14.6 Å². The lowest BCUT2D eigenvalue weighted by Crippen LogP contribution is -2.27. The van der Waals surface area contributed by atoms with Crippen LogP contribution in [0.3, 0.4) is 0 Å². The Morgan fingerprint density at radius 1 is 1.62 bits per heavy atom. The van der Waals surface area contributed by atoms with Gasteiger partial charge in [0, 0.05) is 6.20 Å². The zero-order valence-electron chi connectivity index (χ0n) is 9.65. The van der Waals surface area contributed by atoms with Gasteiger partial charge in [-0.25, -0.2) is 9.78 Å². The van der Waals surface area contributed by atoms with E-state index in [1.165, 1.54) is 12.3 Å². The highest BCUT2D eigenvalue weighted by molar-refractivity contribution is 5.88. The summed E-state index contributed by atoms with van der Waals surface area (Å²) in [4.78, 5) is 14.6. The molecule has 1 rings (SSSR count). The van der Waals surface area contributed by atoms with E-state index >= 15 is 0 Å². The predicted molar refractivity (Wildman–Crippen MR) is 60.6 cm³/mol. The van der Waals surface area contributed by atoms with Crippen LogP contribution in [0.2, 0.25) is 0 Å². The molecule has 1 aromatic heterocycles. The number of anilines is 1. The summed E-state index contributed by atoms with van der Waals surface area (Å²) in [6.45, 7) is 5.82. The lowest BCUT2D eigenvalue weighted by atomic mass is 10.1. The fraction of sp³-hybridized carbons (Fsp3) is 0.455. The van der Waals surface area contributed by atoms with Crippen LogP contribution in [0.1, 0.15) is 37.6 Å². The topological polar surface area (TPSA) is 85.4 Å². The number of nitrogens with two attached hydrogens (primary N) is 1. The number of ether oxygens (including phenoxy) is 1. The zero-order chi connectivity index (χ0) is 12.3. The van der Waals surface area contributed by atoms with Crippen LogP contribution in [-0.2, 0) is 0 Å². The predicted octanol–water partition coefficient (Wildman–Crippen LogP) is 1.93. The molecule has 5 heteroatoms. The van der Waals surface area contributed by atoms with Gasteiger partial charge in [-0.05, 0) is 26.3 Å². The van der Waals surface area contributed by atoms with Crippen LogP contribution < -0.4 is 10.5 Å². The second-order valence-corrected chi connectivity index (χ2v) is 4.14. The Hall–Kier alpha value is -1.78. The number of carboxylic acids is 1. The molecule has 0 unspecified atom stereocenters. The molecule has 0 aliphatic heterocycles. The van der Waals surface area contributed by atoms with Crippen LogP contribution >= 0.6 is 0 Å². The number of carbonyl (C=O) groups is 1. The quantitative estimate of drug-likeness (QED) is 0.816. The summed E-state index contributed by atoms with van der Waals surface area (Å²) < 4.78 is 5.59. The van der Waals surface area contributed by atoms with Gasteiger partial charge < -0.3 is 15.6 Å². The summed E-state index contributed by atoms with van der Waals surface area (Å²) in [5.74, 6) is -0.780. The maximum Gasteiger partial charge on any atom is 0.337 e. The summed E-state index contributed by atoms with van der Waals surface area (Å²) >= 11 is 0. The number of aromatic nitrogens is 1. The first kappa shape index (κ1) is 12.3. The summed E-state index contributed by atoms with van der Waals surface area (Å²) in [6, 6.07) is 1.34. The van der Waals surface area contributed by atoms with Gasteiger partial charge in [-0.15, -0.1) is 0 Å². The molecule has 0 atom stereocenters. The number of hydrogen-bond donors (Lipinski definition) is 2. The van der Waals surface area contributed by atoms with Crippen molar-refractivity contribution in [1.82, 2.24) is 4.98 Å². The molecule has 0 aliphatic carbocycles. The lowest BCUT2D eigenvalue weighted by molar-refractivity contribution is 0.0696. The number of rotatable bonds is 4. The molecule has 16 heavy (non-hydrogen) atoms. The van der Waals surface area contributed by atoms with E-state index in [4.69, 9.17) is 15.6 Å². The highest BCUT2D eigenvalue weighted by Crippen LogP contribution is 2.25. The van der Waals surface area contributed by atoms with Gasteiger partial charge in [-0.1, -0.05) is 6.92 Å². The van der Waals surface area contributed by atoms with Gasteiger partial charge in [-0.3, -0.25) is 0 Å². The van der Waals surface area contributed by atoms with Crippen molar-refractivity contribution in [2.24, 2.45) is 0 Å². The second kappa shape index (κ2) is 4.38. The molecular formula is C11H16N2O3. The molecule has 1 aromatic rings. The van der Waals surface area contributed by atoms with Crippen LogP contribution in [0.5, 0.6) is 5.88 Å². The maximum atomic E-state index is 10.7. The molecule has 0 fully saturated rings. The van der Waals surface area contributed by atoms with Gasteiger partial charge >= 0.3 is 5.97 Å². The number of hydrogen-bond acceptors (Lipinski definition) is 4. The molecule has 0 radical (unpaired) electrons. The first-order valence-electron chi connectivity index (χ1n) is 5.03. The molecule has 0 aromatic carbocycles. The summed E-state index contributed by atoms with van der Waals surface area (Å²) in [7, 11) is 0. The number of nitrogen functional groups attached to an aromatic ring is 1. The van der Waals surface area contributed by atoms with Crippen molar-refractivity contribution >= 4 is 11.7 Å². The Morgan fingerprint density at radius 2 is 2.25 bits per heavy atom. The third-order valence-electron chi connectivity index (χ3n) is 2.35. The van der Waals surface area contributed by atoms with E-state index < -0.39 is 5.97 Å². The van der Waals surface area contributed by atoms with Gasteiger partial charge in [-0.2, -0.15) is 0 Å². The third-order valence-corrected chi connectivity index (χ3v) is 2.35. The lowest BCUT2D eigenvalue weighted by Gasteiger charge is -2.24. The van der Waals surface area contributed by atoms with Crippen molar-refractivity contribution in [2.45, 2.75) is 32.8 Å². The van der Waals surface area contributed by atoms with Gasteiger partial charge in [0.1, 0.15) is 5.60 Å².